The van der Waals surface area contributed by atoms with Crippen molar-refractivity contribution in [2.45, 2.75) is 31.1 Å². The fourth-order valence-corrected chi connectivity index (χ4v) is 4.65. The molecule has 0 bridgehead atoms. The van der Waals surface area contributed by atoms with Gasteiger partial charge >= 0.3 is 0 Å². The Bertz CT molecular complexity index is 981. The lowest BCUT2D eigenvalue weighted by Crippen LogP contribution is -2.37. The average Bonchev–Trinajstić information content (AvgIpc) is 3.23. The van der Waals surface area contributed by atoms with Gasteiger partial charge in [0.1, 0.15) is 11.3 Å². The van der Waals surface area contributed by atoms with Crippen LogP contribution in [-0.2, 0) is 10.2 Å². The molecule has 0 radical (unpaired) electrons. The second-order valence-electron chi connectivity index (χ2n) is 6.50. The molecule has 1 heterocycles. The second-order valence-corrected chi connectivity index (χ2v) is 7.97. The monoisotopic (exact) mass is 392 g/mol. The summed E-state index contributed by atoms with van der Waals surface area (Å²) in [5.41, 5.74) is 0.334. The van der Waals surface area contributed by atoms with E-state index in [1.807, 2.05) is 12.1 Å². The fourth-order valence-electron chi connectivity index (χ4n) is 3.62. The van der Waals surface area contributed by atoms with Crippen molar-refractivity contribution in [3.05, 3.63) is 58.6 Å². The number of nitrogens with one attached hydrogen (secondary N) is 1. The molecule has 1 N–H and O–H groups in total. The van der Waals surface area contributed by atoms with Gasteiger partial charge in [-0.2, -0.15) is 0 Å². The number of nitrogens with zero attached hydrogens (tertiary/aromatic N) is 1. The lowest BCUT2D eigenvalue weighted by molar-refractivity contribution is -0.121. The highest BCUT2D eigenvalue weighted by Gasteiger charge is 2.43. The molecule has 1 aliphatic rings. The minimum atomic E-state index is -0.731. The van der Waals surface area contributed by atoms with E-state index in [2.05, 4.69) is 10.3 Å². The summed E-state index contributed by atoms with van der Waals surface area (Å²) < 4.78 is 27.6. The summed E-state index contributed by atoms with van der Waals surface area (Å²) in [7, 11) is 0. The maximum absolute atomic E-state index is 13.9. The molecule has 0 atom stereocenters. The van der Waals surface area contributed by atoms with E-state index in [1.165, 1.54) is 6.07 Å². The van der Waals surface area contributed by atoms with Gasteiger partial charge in [0, 0.05) is 11.1 Å². The van der Waals surface area contributed by atoms with Crippen LogP contribution in [0, 0.1) is 11.6 Å². The second kappa shape index (κ2) is 6.59. The fraction of sp³-hybridized carbons (Fsp3) is 0.263. The van der Waals surface area contributed by atoms with Crippen molar-refractivity contribution in [3.63, 3.8) is 0 Å². The van der Waals surface area contributed by atoms with Crippen molar-refractivity contribution in [1.82, 2.24) is 4.98 Å². The van der Waals surface area contributed by atoms with Gasteiger partial charge in [0.05, 0.1) is 10.1 Å². The van der Waals surface area contributed by atoms with Crippen molar-refractivity contribution in [2.24, 2.45) is 0 Å². The summed E-state index contributed by atoms with van der Waals surface area (Å²) >= 11 is 7.04. The average molecular weight is 393 g/mol. The van der Waals surface area contributed by atoms with Crippen LogP contribution in [0.4, 0.5) is 13.9 Å². The summed E-state index contributed by atoms with van der Waals surface area (Å²) in [4.78, 5) is 17.2. The van der Waals surface area contributed by atoms with Gasteiger partial charge in [0.2, 0.25) is 5.91 Å². The number of halogens is 3. The largest absolute Gasteiger partial charge is 0.301 e. The van der Waals surface area contributed by atoms with Crippen LogP contribution >= 0.6 is 22.9 Å². The van der Waals surface area contributed by atoms with Crippen LogP contribution in [0.1, 0.15) is 31.2 Å². The van der Waals surface area contributed by atoms with Crippen molar-refractivity contribution >= 4 is 44.2 Å². The van der Waals surface area contributed by atoms with E-state index in [-0.39, 0.29) is 16.6 Å². The van der Waals surface area contributed by atoms with Crippen LogP contribution in [0.3, 0.4) is 0 Å². The standard InChI is InChI=1S/C19H15ClF2N2OS/c20-12-5-3-11(4-6-12)19(7-1-2-8-19)17(25)24-18-23-16-14(22)9-13(21)10-15(16)26-18/h3-6,9-10H,1-2,7-8H2,(H,23,24,25). The number of fused-ring (bicyclic) bond motifs is 1. The SMILES string of the molecule is O=C(Nc1nc2c(F)cc(F)cc2s1)C1(c2ccc(Cl)cc2)CCCC1. The Labute approximate surface area is 158 Å². The number of thiazole rings is 1. The molecule has 7 heteroatoms. The number of carbonyl (C=O) groups is 1. The zero-order valence-corrected chi connectivity index (χ0v) is 15.3. The first kappa shape index (κ1) is 17.4. The molecule has 0 unspecified atom stereocenters. The first-order valence-corrected chi connectivity index (χ1v) is 9.50. The molecular formula is C19H15ClF2N2OS. The number of aromatic nitrogens is 1. The highest BCUT2D eigenvalue weighted by atomic mass is 35.5. The molecule has 1 amide bonds. The van der Waals surface area contributed by atoms with Gasteiger partial charge in [-0.1, -0.05) is 47.9 Å². The third-order valence-electron chi connectivity index (χ3n) is 4.92. The van der Waals surface area contributed by atoms with Gasteiger partial charge in [-0.3, -0.25) is 4.79 Å². The topological polar surface area (TPSA) is 42.0 Å². The highest BCUT2D eigenvalue weighted by Crippen LogP contribution is 2.43. The minimum Gasteiger partial charge on any atom is -0.301 e. The molecular weight excluding hydrogens is 378 g/mol. The summed E-state index contributed by atoms with van der Waals surface area (Å²) in [6.07, 6.45) is 3.37. The van der Waals surface area contributed by atoms with Crippen LogP contribution < -0.4 is 5.32 Å². The van der Waals surface area contributed by atoms with E-state index >= 15 is 0 Å². The lowest BCUT2D eigenvalue weighted by Gasteiger charge is -2.27. The maximum atomic E-state index is 13.9. The van der Waals surface area contributed by atoms with E-state index in [1.54, 1.807) is 12.1 Å². The van der Waals surface area contributed by atoms with Crippen molar-refractivity contribution < 1.29 is 13.6 Å². The Hall–Kier alpha value is -2.05. The first-order chi connectivity index (χ1) is 12.5. The van der Waals surface area contributed by atoms with E-state index in [4.69, 9.17) is 11.6 Å². The van der Waals surface area contributed by atoms with Crippen molar-refractivity contribution in [2.75, 3.05) is 5.32 Å². The van der Waals surface area contributed by atoms with Gasteiger partial charge in [0.25, 0.3) is 0 Å². The van der Waals surface area contributed by atoms with E-state index in [9.17, 15) is 13.6 Å². The van der Waals surface area contributed by atoms with Crippen molar-refractivity contribution in [3.8, 4) is 0 Å². The number of benzene rings is 2. The third-order valence-corrected chi connectivity index (χ3v) is 6.09. The number of rotatable bonds is 3. The van der Waals surface area contributed by atoms with E-state index < -0.39 is 17.0 Å². The van der Waals surface area contributed by atoms with Crippen LogP contribution in [0.25, 0.3) is 10.2 Å². The zero-order chi connectivity index (χ0) is 18.3. The molecule has 0 spiro atoms. The first-order valence-electron chi connectivity index (χ1n) is 8.31. The molecule has 2 aromatic carbocycles. The van der Waals surface area contributed by atoms with Gasteiger partial charge in [0.15, 0.2) is 10.9 Å². The molecule has 0 saturated heterocycles. The predicted octanol–water partition coefficient (Wildman–Crippen LogP) is 5.68. The number of hydrogen-bond donors (Lipinski definition) is 1. The highest BCUT2D eigenvalue weighted by molar-refractivity contribution is 7.22. The summed E-state index contributed by atoms with van der Waals surface area (Å²) in [5, 5.41) is 3.71. The van der Waals surface area contributed by atoms with Gasteiger partial charge in [-0.05, 0) is 36.6 Å². The molecule has 1 fully saturated rings. The summed E-state index contributed by atoms with van der Waals surface area (Å²) in [5.74, 6) is -1.56. The molecule has 0 aliphatic heterocycles. The molecule has 26 heavy (non-hydrogen) atoms. The molecule has 4 rings (SSSR count). The third kappa shape index (κ3) is 2.97. The summed E-state index contributed by atoms with van der Waals surface area (Å²) in [6, 6.07) is 9.32. The number of amides is 1. The van der Waals surface area contributed by atoms with E-state index in [0.29, 0.717) is 9.72 Å². The smallest absolute Gasteiger partial charge is 0.236 e. The Balaban J connectivity index is 1.67. The van der Waals surface area contributed by atoms with Gasteiger partial charge < -0.3 is 5.32 Å². The van der Waals surface area contributed by atoms with Crippen molar-refractivity contribution in [1.29, 1.82) is 0 Å². The molecule has 3 aromatic rings. The van der Waals surface area contributed by atoms with E-state index in [0.717, 1.165) is 48.6 Å². The Kier molecular flexibility index (Phi) is 4.40. The minimum absolute atomic E-state index is 0.0682. The maximum Gasteiger partial charge on any atom is 0.236 e. The number of hydrogen-bond acceptors (Lipinski definition) is 3. The molecule has 134 valence electrons. The number of carbonyl (C=O) groups excluding carboxylic acids is 1. The van der Waals surface area contributed by atoms with Gasteiger partial charge in [-0.15, -0.1) is 0 Å². The van der Waals surface area contributed by atoms with Crippen LogP contribution in [0.2, 0.25) is 5.02 Å². The van der Waals surface area contributed by atoms with Gasteiger partial charge in [-0.25, -0.2) is 13.8 Å². The lowest BCUT2D eigenvalue weighted by atomic mass is 9.78. The summed E-state index contributed by atoms with van der Waals surface area (Å²) in [6.45, 7) is 0. The Morgan fingerprint density at radius 3 is 2.54 bits per heavy atom. The predicted molar refractivity (Wildman–Crippen MR) is 99.8 cm³/mol. The van der Waals surface area contributed by atoms with Crippen LogP contribution in [0.15, 0.2) is 36.4 Å². The Morgan fingerprint density at radius 1 is 1.15 bits per heavy atom. The number of anilines is 1. The molecule has 1 saturated carbocycles. The zero-order valence-electron chi connectivity index (χ0n) is 13.7. The normalized spacial score (nSPS) is 16.1. The van der Waals surface area contributed by atoms with Crippen LogP contribution in [-0.4, -0.2) is 10.9 Å². The molecule has 3 nitrogen and oxygen atoms in total. The molecule has 1 aliphatic carbocycles. The van der Waals surface area contributed by atoms with Crippen LogP contribution in [0.5, 0.6) is 0 Å². The quantitative estimate of drug-likeness (QED) is 0.623. The molecule has 1 aromatic heterocycles. The Morgan fingerprint density at radius 2 is 1.85 bits per heavy atom.